The molecular weight excluding hydrogens is 593 g/mol. The number of amides is 2. The van der Waals surface area contributed by atoms with Gasteiger partial charge in [0.25, 0.3) is 5.91 Å². The van der Waals surface area contributed by atoms with Gasteiger partial charge in [-0.25, -0.2) is 0 Å². The fraction of sp³-hybridized carbons (Fsp3) is 0.241. The summed E-state index contributed by atoms with van der Waals surface area (Å²) >= 11 is 12.1. The van der Waals surface area contributed by atoms with Crippen LogP contribution < -0.4 is 0 Å². The Balaban J connectivity index is 1.66. The third kappa shape index (κ3) is 7.62. The van der Waals surface area contributed by atoms with E-state index in [0.29, 0.717) is 17.7 Å². The zero-order valence-corrected chi connectivity index (χ0v) is 22.7. The van der Waals surface area contributed by atoms with Gasteiger partial charge < -0.3 is 9.80 Å². The maximum absolute atomic E-state index is 13.5. The summed E-state index contributed by atoms with van der Waals surface area (Å²) < 4.78 is 80.7. The number of nitrogens with zero attached hydrogens (tertiary/aromatic N) is 2. The molecule has 0 bridgehead atoms. The molecule has 3 aromatic rings. The van der Waals surface area contributed by atoms with Gasteiger partial charge in [0.05, 0.1) is 27.2 Å². The zero-order chi connectivity index (χ0) is 29.9. The average Bonchev–Trinajstić information content (AvgIpc) is 2.92. The van der Waals surface area contributed by atoms with Crippen molar-refractivity contribution in [2.45, 2.75) is 24.8 Å². The minimum Gasteiger partial charge on any atom is -0.335 e. The van der Waals surface area contributed by atoms with Crippen molar-refractivity contribution in [3.63, 3.8) is 0 Å². The molecule has 0 N–H and O–H groups in total. The molecule has 1 aliphatic heterocycles. The smallest absolute Gasteiger partial charge is 0.335 e. The lowest BCUT2D eigenvalue weighted by Gasteiger charge is -2.41. The number of hydrogen-bond acceptors (Lipinski definition) is 2. The lowest BCUT2D eigenvalue weighted by molar-refractivity contribution is -0.143. The first kappa shape index (κ1) is 30.5. The lowest BCUT2D eigenvalue weighted by Crippen LogP contribution is -2.57. The Labute approximate surface area is 241 Å². The van der Waals surface area contributed by atoms with Crippen molar-refractivity contribution in [1.82, 2.24) is 9.80 Å². The highest BCUT2D eigenvalue weighted by Crippen LogP contribution is 2.37. The Hall–Kier alpha value is -3.50. The van der Waals surface area contributed by atoms with Crippen LogP contribution in [0.2, 0.25) is 10.0 Å². The predicted octanol–water partition coefficient (Wildman–Crippen LogP) is 7.64. The van der Waals surface area contributed by atoms with Gasteiger partial charge in [-0.15, -0.1) is 0 Å². The third-order valence-corrected chi connectivity index (χ3v) is 7.30. The number of alkyl halides is 6. The summed E-state index contributed by atoms with van der Waals surface area (Å²) in [5.74, 6) is -1.38. The van der Waals surface area contributed by atoms with Crippen LogP contribution in [0.15, 0.2) is 72.8 Å². The molecule has 1 heterocycles. The maximum atomic E-state index is 13.5. The predicted molar refractivity (Wildman–Crippen MR) is 143 cm³/mol. The van der Waals surface area contributed by atoms with Crippen molar-refractivity contribution in [3.05, 3.63) is 111 Å². The van der Waals surface area contributed by atoms with E-state index in [4.69, 9.17) is 23.2 Å². The second-order valence-electron chi connectivity index (χ2n) is 9.43. The average molecular weight is 615 g/mol. The minimum absolute atomic E-state index is 0.0188. The van der Waals surface area contributed by atoms with Crippen molar-refractivity contribution in [1.29, 1.82) is 0 Å². The van der Waals surface area contributed by atoms with E-state index >= 15 is 0 Å². The molecule has 0 spiro atoms. The molecule has 1 atom stereocenters. The number of carbonyl (C=O) groups is 2. The molecule has 0 unspecified atom stereocenters. The van der Waals surface area contributed by atoms with Gasteiger partial charge in [-0.1, -0.05) is 59.6 Å². The Morgan fingerprint density at radius 3 is 2.05 bits per heavy atom. The molecule has 3 aromatic carbocycles. The molecule has 2 amide bonds. The Kier molecular flexibility index (Phi) is 9.03. The summed E-state index contributed by atoms with van der Waals surface area (Å²) in [6.45, 7) is -0.116. The van der Waals surface area contributed by atoms with Crippen molar-refractivity contribution >= 4 is 41.1 Å². The summed E-state index contributed by atoms with van der Waals surface area (Å²) in [6.07, 6.45) is -7.11. The number of carbonyl (C=O) groups excluding carboxylic acids is 2. The molecule has 216 valence electrons. The summed E-state index contributed by atoms with van der Waals surface area (Å²) in [4.78, 5) is 29.1. The summed E-state index contributed by atoms with van der Waals surface area (Å²) in [5, 5.41) is 0.503. The number of benzene rings is 3. The van der Waals surface area contributed by atoms with Crippen LogP contribution in [0.3, 0.4) is 0 Å². The molecule has 0 saturated carbocycles. The van der Waals surface area contributed by atoms with E-state index in [1.807, 2.05) is 6.07 Å². The van der Waals surface area contributed by atoms with Gasteiger partial charge in [0.1, 0.15) is 0 Å². The quantitative estimate of drug-likeness (QED) is 0.219. The maximum Gasteiger partial charge on any atom is 0.416 e. The van der Waals surface area contributed by atoms with E-state index in [2.05, 4.69) is 0 Å². The van der Waals surface area contributed by atoms with E-state index in [0.717, 1.165) is 5.56 Å². The van der Waals surface area contributed by atoms with Crippen LogP contribution in [0.25, 0.3) is 6.08 Å². The van der Waals surface area contributed by atoms with Crippen LogP contribution in [-0.4, -0.2) is 47.3 Å². The molecule has 1 saturated heterocycles. The number of halogens is 8. The standard InChI is InChI=1S/C29H22Cl2F6N2O2/c30-24-8-6-19(13-25(24)31)12-23-17-38(26(40)9-7-18-4-2-1-3-5-18)10-11-39(23)27(41)20-14-21(28(32,33)34)16-22(15-20)29(35,36)37/h1-9,13-16,23H,10-12,17H2/t23-/m1/s1. The van der Waals surface area contributed by atoms with E-state index in [-0.39, 0.29) is 48.1 Å². The first-order chi connectivity index (χ1) is 19.2. The van der Waals surface area contributed by atoms with Gasteiger partial charge in [-0.05, 0) is 54.0 Å². The van der Waals surface area contributed by atoms with Crippen LogP contribution in [0, 0.1) is 0 Å². The normalized spacial score (nSPS) is 16.3. The highest BCUT2D eigenvalue weighted by Gasteiger charge is 2.39. The Bertz CT molecular complexity index is 1430. The molecular formula is C29H22Cl2F6N2O2. The fourth-order valence-corrected chi connectivity index (χ4v) is 4.84. The number of hydrogen-bond donors (Lipinski definition) is 0. The van der Waals surface area contributed by atoms with Gasteiger partial charge in [0, 0.05) is 31.3 Å². The van der Waals surface area contributed by atoms with Crippen molar-refractivity contribution in [2.24, 2.45) is 0 Å². The highest BCUT2D eigenvalue weighted by molar-refractivity contribution is 6.42. The number of piperazine rings is 1. The van der Waals surface area contributed by atoms with Crippen LogP contribution in [0.1, 0.15) is 32.6 Å². The first-order valence-electron chi connectivity index (χ1n) is 12.3. The van der Waals surface area contributed by atoms with Crippen molar-refractivity contribution < 1.29 is 35.9 Å². The molecule has 4 nitrogen and oxygen atoms in total. The fourth-order valence-electron chi connectivity index (χ4n) is 4.52. The first-order valence-corrected chi connectivity index (χ1v) is 13.0. The van der Waals surface area contributed by atoms with Crippen LogP contribution in [0.5, 0.6) is 0 Å². The summed E-state index contributed by atoms with van der Waals surface area (Å²) in [6, 6.07) is 13.8. The molecule has 0 radical (unpaired) electrons. The Morgan fingerprint density at radius 2 is 1.46 bits per heavy atom. The van der Waals surface area contributed by atoms with Crippen molar-refractivity contribution in [3.8, 4) is 0 Å². The highest BCUT2D eigenvalue weighted by atomic mass is 35.5. The molecule has 1 aliphatic rings. The Morgan fingerprint density at radius 1 is 0.829 bits per heavy atom. The van der Waals surface area contributed by atoms with E-state index in [9.17, 15) is 35.9 Å². The summed E-state index contributed by atoms with van der Waals surface area (Å²) in [7, 11) is 0. The molecule has 12 heteroatoms. The molecule has 1 fully saturated rings. The van der Waals surface area contributed by atoms with Crippen LogP contribution in [-0.2, 0) is 23.6 Å². The number of rotatable bonds is 5. The monoisotopic (exact) mass is 614 g/mol. The van der Waals surface area contributed by atoms with E-state index < -0.39 is 41.0 Å². The third-order valence-electron chi connectivity index (χ3n) is 6.56. The molecule has 0 aliphatic carbocycles. The summed E-state index contributed by atoms with van der Waals surface area (Å²) in [5.41, 5.74) is -2.54. The molecule has 4 rings (SSSR count). The topological polar surface area (TPSA) is 40.6 Å². The van der Waals surface area contributed by atoms with Crippen LogP contribution in [0.4, 0.5) is 26.3 Å². The zero-order valence-electron chi connectivity index (χ0n) is 21.1. The largest absolute Gasteiger partial charge is 0.416 e. The second-order valence-corrected chi connectivity index (χ2v) is 10.2. The van der Waals surface area contributed by atoms with Gasteiger partial charge in [0.15, 0.2) is 0 Å². The van der Waals surface area contributed by atoms with E-state index in [1.165, 1.54) is 21.9 Å². The van der Waals surface area contributed by atoms with Gasteiger partial charge in [-0.2, -0.15) is 26.3 Å². The van der Waals surface area contributed by atoms with Crippen LogP contribution >= 0.6 is 23.2 Å². The minimum atomic E-state index is -5.11. The lowest BCUT2D eigenvalue weighted by atomic mass is 9.99. The van der Waals surface area contributed by atoms with Gasteiger partial charge in [0.2, 0.25) is 5.91 Å². The van der Waals surface area contributed by atoms with Gasteiger partial charge >= 0.3 is 12.4 Å². The van der Waals surface area contributed by atoms with E-state index in [1.54, 1.807) is 42.5 Å². The van der Waals surface area contributed by atoms with Crippen molar-refractivity contribution in [2.75, 3.05) is 19.6 Å². The SMILES string of the molecule is O=C(C=Cc1ccccc1)N1CCN(C(=O)c2cc(C(F)(F)F)cc(C(F)(F)F)c2)[C@H](Cc2ccc(Cl)c(Cl)c2)C1. The molecule has 0 aromatic heterocycles. The van der Waals surface area contributed by atoms with Gasteiger partial charge in [-0.3, -0.25) is 9.59 Å². The molecule has 41 heavy (non-hydrogen) atoms. The second kappa shape index (κ2) is 12.2.